The van der Waals surface area contributed by atoms with Crippen molar-refractivity contribution in [1.82, 2.24) is 5.32 Å². The van der Waals surface area contributed by atoms with Gasteiger partial charge in [-0.3, -0.25) is 4.79 Å². The van der Waals surface area contributed by atoms with Crippen LogP contribution >= 0.6 is 0 Å². The second-order valence-electron chi connectivity index (χ2n) is 12.4. The summed E-state index contributed by atoms with van der Waals surface area (Å²) in [5.74, 6) is -0.336. The molecule has 0 fully saturated rings. The van der Waals surface area contributed by atoms with Crippen LogP contribution in [0.1, 0.15) is 162 Å². The summed E-state index contributed by atoms with van der Waals surface area (Å²) in [5, 5.41) is 33.0. The minimum atomic E-state index is -0.959. The maximum atomic E-state index is 12.4. The Morgan fingerprint density at radius 1 is 0.600 bits per heavy atom. The van der Waals surface area contributed by atoms with Crippen LogP contribution in [0.25, 0.3) is 0 Å². The largest absolute Gasteiger partial charge is 0.394 e. The zero-order valence-electron chi connectivity index (χ0n) is 29.2. The molecule has 0 rings (SSSR count). The van der Waals surface area contributed by atoms with E-state index in [1.54, 1.807) is 6.08 Å². The molecule has 0 aliphatic heterocycles. The lowest BCUT2D eigenvalue weighted by Gasteiger charge is -2.21. The van der Waals surface area contributed by atoms with Crippen LogP contribution < -0.4 is 5.32 Å². The molecule has 0 saturated carbocycles. The summed E-state index contributed by atoms with van der Waals surface area (Å²) in [7, 11) is 0. The highest BCUT2D eigenvalue weighted by molar-refractivity contribution is 5.76. The molecule has 5 nitrogen and oxygen atoms in total. The van der Waals surface area contributed by atoms with E-state index in [1.807, 2.05) is 6.08 Å². The van der Waals surface area contributed by atoms with Gasteiger partial charge in [-0.2, -0.15) is 0 Å². The average molecular weight is 630 g/mol. The van der Waals surface area contributed by atoms with E-state index >= 15 is 0 Å². The molecule has 0 aliphatic rings. The second kappa shape index (κ2) is 34.9. The molecule has 5 heteroatoms. The summed E-state index contributed by atoms with van der Waals surface area (Å²) in [4.78, 5) is 12.4. The van der Waals surface area contributed by atoms with Crippen LogP contribution in [-0.4, -0.2) is 46.1 Å². The third-order valence-corrected chi connectivity index (χ3v) is 8.00. The highest BCUT2D eigenvalue weighted by Crippen LogP contribution is 2.14. The lowest BCUT2D eigenvalue weighted by Crippen LogP contribution is -2.45. The Labute approximate surface area is 278 Å². The SMILES string of the molecule is CC/C=C\C/C=C\CCCCCCCCCCCCCCC(O)CC(=O)NC(CO)C(O)/C=C/CC/C=C/CC/C=C/CCC. The Kier molecular flexibility index (Phi) is 33.4. The molecule has 0 saturated heterocycles. The number of hydrogen-bond acceptors (Lipinski definition) is 4. The van der Waals surface area contributed by atoms with Gasteiger partial charge in [0.1, 0.15) is 0 Å². The quantitative estimate of drug-likeness (QED) is 0.0440. The fourth-order valence-electron chi connectivity index (χ4n) is 5.18. The molecule has 1 amide bonds. The summed E-state index contributed by atoms with van der Waals surface area (Å²) in [6.45, 7) is 4.00. The van der Waals surface area contributed by atoms with E-state index in [2.05, 4.69) is 67.8 Å². The Morgan fingerprint density at radius 2 is 1.09 bits per heavy atom. The van der Waals surface area contributed by atoms with Gasteiger partial charge in [-0.15, -0.1) is 0 Å². The third-order valence-electron chi connectivity index (χ3n) is 8.00. The molecule has 0 bridgehead atoms. The molecule has 45 heavy (non-hydrogen) atoms. The Bertz CT molecular complexity index is 785. The summed E-state index contributed by atoms with van der Waals surface area (Å²) >= 11 is 0. The maximum absolute atomic E-state index is 12.4. The molecule has 0 heterocycles. The van der Waals surface area contributed by atoms with Crippen LogP contribution in [0.3, 0.4) is 0 Å². The topological polar surface area (TPSA) is 89.8 Å². The molecular formula is C40H71NO4. The van der Waals surface area contributed by atoms with E-state index in [0.717, 1.165) is 57.8 Å². The van der Waals surface area contributed by atoms with Crippen molar-refractivity contribution in [1.29, 1.82) is 0 Å². The van der Waals surface area contributed by atoms with E-state index in [-0.39, 0.29) is 18.9 Å². The van der Waals surface area contributed by atoms with Crippen LogP contribution in [0, 0.1) is 0 Å². The number of nitrogens with one attached hydrogen (secondary N) is 1. The maximum Gasteiger partial charge on any atom is 0.222 e. The normalized spacial score (nSPS) is 14.5. The van der Waals surface area contributed by atoms with Crippen LogP contribution in [0.2, 0.25) is 0 Å². The Balaban J connectivity index is 3.73. The van der Waals surface area contributed by atoms with Gasteiger partial charge in [0.05, 0.1) is 31.3 Å². The summed E-state index contributed by atoms with van der Waals surface area (Å²) in [6.07, 6.45) is 45.0. The number of aliphatic hydroxyl groups is 3. The summed E-state index contributed by atoms with van der Waals surface area (Å²) in [5.41, 5.74) is 0. The first-order chi connectivity index (χ1) is 22.0. The highest BCUT2D eigenvalue weighted by atomic mass is 16.3. The lowest BCUT2D eigenvalue weighted by molar-refractivity contribution is -0.124. The van der Waals surface area contributed by atoms with Crippen LogP contribution in [-0.2, 0) is 4.79 Å². The number of unbranched alkanes of at least 4 members (excludes halogenated alkanes) is 15. The number of carbonyl (C=O) groups excluding carboxylic acids is 1. The standard InChI is InChI=1S/C40H71NO4/c1-3-5-7-9-11-13-15-16-17-18-19-20-21-22-24-25-27-29-31-33-37(43)35-40(45)41-38(36-42)39(44)34-32-30-28-26-23-14-12-10-8-6-4-2/h5,7-8,10-11,13,23,26,32,34,37-39,42-44H,3-4,6,9,12,14-22,24-25,27-31,33,35-36H2,1-2H3,(H,41,45)/b7-5-,10-8+,13-11-,26-23+,34-32+. The number of amides is 1. The van der Waals surface area contributed by atoms with E-state index < -0.39 is 18.2 Å². The molecule has 260 valence electrons. The predicted molar refractivity (Wildman–Crippen MR) is 194 cm³/mol. The highest BCUT2D eigenvalue weighted by Gasteiger charge is 2.20. The molecule has 0 aromatic rings. The van der Waals surface area contributed by atoms with E-state index in [1.165, 1.54) is 77.0 Å². The molecule has 4 N–H and O–H groups in total. The number of allylic oxidation sites excluding steroid dienone is 9. The number of aliphatic hydroxyl groups excluding tert-OH is 3. The fraction of sp³-hybridized carbons (Fsp3) is 0.725. The van der Waals surface area contributed by atoms with Gasteiger partial charge in [0, 0.05) is 0 Å². The van der Waals surface area contributed by atoms with Crippen molar-refractivity contribution in [3.05, 3.63) is 60.8 Å². The summed E-state index contributed by atoms with van der Waals surface area (Å²) < 4.78 is 0. The molecule has 0 aromatic heterocycles. The van der Waals surface area contributed by atoms with Crippen LogP contribution in [0.5, 0.6) is 0 Å². The molecule has 0 spiro atoms. The average Bonchev–Trinajstić information content (AvgIpc) is 3.03. The van der Waals surface area contributed by atoms with Gasteiger partial charge in [0.15, 0.2) is 0 Å². The van der Waals surface area contributed by atoms with Gasteiger partial charge in [0.2, 0.25) is 5.91 Å². The Morgan fingerprint density at radius 3 is 1.64 bits per heavy atom. The third kappa shape index (κ3) is 31.8. The van der Waals surface area contributed by atoms with Gasteiger partial charge in [0.25, 0.3) is 0 Å². The number of carbonyl (C=O) groups is 1. The van der Waals surface area contributed by atoms with Gasteiger partial charge in [-0.1, -0.05) is 152 Å². The van der Waals surface area contributed by atoms with Gasteiger partial charge < -0.3 is 20.6 Å². The molecule has 0 aliphatic carbocycles. The van der Waals surface area contributed by atoms with Gasteiger partial charge in [-0.25, -0.2) is 0 Å². The Hall–Kier alpha value is -1.95. The summed E-state index contributed by atoms with van der Waals surface area (Å²) in [6, 6.07) is -0.767. The van der Waals surface area contributed by atoms with Crippen molar-refractivity contribution in [3.8, 4) is 0 Å². The van der Waals surface area contributed by atoms with Crippen molar-refractivity contribution in [3.63, 3.8) is 0 Å². The molecule has 0 radical (unpaired) electrons. The van der Waals surface area contributed by atoms with Crippen molar-refractivity contribution < 1.29 is 20.1 Å². The second-order valence-corrected chi connectivity index (χ2v) is 12.4. The molecule has 3 unspecified atom stereocenters. The molecule has 0 aromatic carbocycles. The van der Waals surface area contributed by atoms with Crippen molar-refractivity contribution in [2.75, 3.05) is 6.61 Å². The van der Waals surface area contributed by atoms with E-state index in [4.69, 9.17) is 0 Å². The predicted octanol–water partition coefficient (Wildman–Crippen LogP) is 9.98. The zero-order valence-corrected chi connectivity index (χ0v) is 29.2. The minimum Gasteiger partial charge on any atom is -0.394 e. The smallest absolute Gasteiger partial charge is 0.222 e. The van der Waals surface area contributed by atoms with Crippen molar-refractivity contribution in [2.45, 2.75) is 180 Å². The number of hydrogen-bond donors (Lipinski definition) is 4. The minimum absolute atomic E-state index is 0.00128. The zero-order chi connectivity index (χ0) is 33.1. The van der Waals surface area contributed by atoms with Crippen LogP contribution in [0.4, 0.5) is 0 Å². The van der Waals surface area contributed by atoms with Gasteiger partial charge in [-0.05, 0) is 64.2 Å². The monoisotopic (exact) mass is 630 g/mol. The molecule has 3 atom stereocenters. The molecular weight excluding hydrogens is 558 g/mol. The van der Waals surface area contributed by atoms with Crippen LogP contribution in [0.15, 0.2) is 60.8 Å². The lowest BCUT2D eigenvalue weighted by atomic mass is 10.0. The first kappa shape index (κ1) is 43.0. The fourth-order valence-corrected chi connectivity index (χ4v) is 5.18. The van der Waals surface area contributed by atoms with E-state index in [9.17, 15) is 20.1 Å². The van der Waals surface area contributed by atoms with E-state index in [0.29, 0.717) is 6.42 Å². The number of rotatable bonds is 32. The first-order valence-corrected chi connectivity index (χ1v) is 18.6. The first-order valence-electron chi connectivity index (χ1n) is 18.6. The van der Waals surface area contributed by atoms with Gasteiger partial charge >= 0.3 is 0 Å². The van der Waals surface area contributed by atoms with Crippen molar-refractivity contribution >= 4 is 5.91 Å². The van der Waals surface area contributed by atoms with Crippen molar-refractivity contribution in [2.24, 2.45) is 0 Å².